The zero-order valence-electron chi connectivity index (χ0n) is 19.4. The summed E-state index contributed by atoms with van der Waals surface area (Å²) in [6, 6.07) is 14.2. The van der Waals surface area contributed by atoms with Crippen molar-refractivity contribution in [3.8, 4) is 16.9 Å². The summed E-state index contributed by atoms with van der Waals surface area (Å²) >= 11 is 6.18. The Morgan fingerprint density at radius 2 is 2.03 bits per heavy atom. The van der Waals surface area contributed by atoms with Gasteiger partial charge in [0, 0.05) is 22.5 Å². The number of amides is 1. The molecule has 3 heterocycles. The van der Waals surface area contributed by atoms with Crippen molar-refractivity contribution in [3.63, 3.8) is 0 Å². The molecule has 0 radical (unpaired) electrons. The van der Waals surface area contributed by atoms with Gasteiger partial charge in [-0.3, -0.25) is 4.90 Å². The molecule has 6 rings (SSSR count). The summed E-state index contributed by atoms with van der Waals surface area (Å²) in [6.45, 7) is 6.82. The van der Waals surface area contributed by atoms with E-state index in [1.165, 1.54) is 0 Å². The zero-order valence-corrected chi connectivity index (χ0v) is 20.2. The maximum atomic E-state index is 12.8. The number of aromatic nitrogens is 2. The van der Waals surface area contributed by atoms with Crippen molar-refractivity contribution in [2.24, 2.45) is 0 Å². The van der Waals surface area contributed by atoms with Gasteiger partial charge in [0.05, 0.1) is 17.1 Å². The zero-order chi connectivity index (χ0) is 23.6. The fraction of sp³-hybridized carbons (Fsp3) is 0.333. The molecule has 1 amide bonds. The van der Waals surface area contributed by atoms with E-state index in [1.54, 1.807) is 4.90 Å². The van der Waals surface area contributed by atoms with E-state index in [1.807, 2.05) is 32.9 Å². The van der Waals surface area contributed by atoms with E-state index in [2.05, 4.69) is 35.3 Å². The second-order valence-electron chi connectivity index (χ2n) is 10.1. The maximum Gasteiger partial charge on any atom is 0.410 e. The first kappa shape index (κ1) is 21.3. The van der Waals surface area contributed by atoms with Crippen molar-refractivity contribution in [1.29, 1.82) is 0 Å². The summed E-state index contributed by atoms with van der Waals surface area (Å²) in [7, 11) is 0. The first-order valence-corrected chi connectivity index (χ1v) is 12.0. The lowest BCUT2D eigenvalue weighted by Gasteiger charge is -2.27. The molecule has 4 aromatic rings. The molecule has 0 unspecified atom stereocenters. The number of halogens is 1. The van der Waals surface area contributed by atoms with Crippen molar-refractivity contribution in [1.82, 2.24) is 14.9 Å². The standard InChI is InChI=1S/C27H26ClN3O3/c1-27(2,3)34-26(32)31-10-4-5-22(31)25-29-21-9-6-15-12-20-18-8-7-17(28)11-16(18)14-33-23(20)13-19(15)24(21)30-25/h6-9,11-13,22H,4-5,10,14H2,1-3H3,(H,29,30)/t22-/m0/s1. The van der Waals surface area contributed by atoms with Crippen LogP contribution in [0.15, 0.2) is 42.5 Å². The summed E-state index contributed by atoms with van der Waals surface area (Å²) in [4.78, 5) is 23.0. The van der Waals surface area contributed by atoms with Crippen LogP contribution in [0.2, 0.25) is 5.02 Å². The topological polar surface area (TPSA) is 67.4 Å². The Hall–Kier alpha value is -3.25. The summed E-state index contributed by atoms with van der Waals surface area (Å²) in [5.74, 6) is 1.64. The highest BCUT2D eigenvalue weighted by Crippen LogP contribution is 2.42. The summed E-state index contributed by atoms with van der Waals surface area (Å²) in [6.07, 6.45) is 1.49. The fourth-order valence-corrected chi connectivity index (χ4v) is 5.22. The van der Waals surface area contributed by atoms with Crippen molar-refractivity contribution in [2.45, 2.75) is 51.9 Å². The minimum absolute atomic E-state index is 0.122. The van der Waals surface area contributed by atoms with E-state index in [0.717, 1.165) is 62.9 Å². The molecule has 6 nitrogen and oxygen atoms in total. The Morgan fingerprint density at radius 1 is 1.18 bits per heavy atom. The SMILES string of the molecule is CC(C)(C)OC(=O)N1CCC[C@H]1c1nc2c(ccc3cc4c(cc32)OCc2cc(Cl)ccc2-4)[nH]1. The number of hydrogen-bond donors (Lipinski definition) is 1. The third-order valence-corrected chi connectivity index (χ3v) is 6.76. The van der Waals surface area contributed by atoms with Crippen LogP contribution in [0.25, 0.3) is 32.9 Å². The van der Waals surface area contributed by atoms with Crippen molar-refractivity contribution >= 4 is 39.5 Å². The van der Waals surface area contributed by atoms with E-state index >= 15 is 0 Å². The van der Waals surface area contributed by atoms with E-state index in [4.69, 9.17) is 26.1 Å². The number of H-pyrrole nitrogens is 1. The van der Waals surface area contributed by atoms with Gasteiger partial charge in [0.1, 0.15) is 23.8 Å². The number of likely N-dealkylation sites (tertiary alicyclic amines) is 1. The van der Waals surface area contributed by atoms with Crippen LogP contribution in [0.5, 0.6) is 5.75 Å². The first-order chi connectivity index (χ1) is 16.3. The molecular formula is C27H26ClN3O3. The molecule has 1 aromatic heterocycles. The summed E-state index contributed by atoms with van der Waals surface area (Å²) < 4.78 is 11.7. The molecule has 1 fully saturated rings. The second-order valence-corrected chi connectivity index (χ2v) is 10.5. The predicted molar refractivity (Wildman–Crippen MR) is 133 cm³/mol. The van der Waals surface area contributed by atoms with Gasteiger partial charge < -0.3 is 14.5 Å². The van der Waals surface area contributed by atoms with Crippen LogP contribution in [0.4, 0.5) is 4.79 Å². The highest BCUT2D eigenvalue weighted by Gasteiger charge is 2.35. The Kier molecular flexibility index (Phi) is 4.78. The van der Waals surface area contributed by atoms with Gasteiger partial charge in [0.25, 0.3) is 0 Å². The highest BCUT2D eigenvalue weighted by molar-refractivity contribution is 6.30. The van der Waals surface area contributed by atoms with Crippen LogP contribution >= 0.6 is 11.6 Å². The second kappa shape index (κ2) is 7.64. The fourth-order valence-electron chi connectivity index (χ4n) is 5.02. The number of nitrogens with one attached hydrogen (secondary N) is 1. The van der Waals surface area contributed by atoms with Crippen LogP contribution in [0, 0.1) is 0 Å². The Labute approximate surface area is 202 Å². The van der Waals surface area contributed by atoms with Crippen LogP contribution in [-0.4, -0.2) is 33.1 Å². The van der Waals surface area contributed by atoms with Gasteiger partial charge in [0.15, 0.2) is 0 Å². The van der Waals surface area contributed by atoms with Gasteiger partial charge in [-0.25, -0.2) is 9.78 Å². The number of carbonyl (C=O) groups is 1. The molecule has 2 aliphatic rings. The molecule has 0 saturated carbocycles. The van der Waals surface area contributed by atoms with Gasteiger partial charge >= 0.3 is 6.09 Å². The number of ether oxygens (including phenoxy) is 2. The average molecular weight is 476 g/mol. The van der Waals surface area contributed by atoms with Gasteiger partial charge in [-0.15, -0.1) is 0 Å². The van der Waals surface area contributed by atoms with Gasteiger partial charge in [-0.1, -0.05) is 23.7 Å². The molecule has 0 aliphatic carbocycles. The van der Waals surface area contributed by atoms with E-state index in [9.17, 15) is 4.79 Å². The third-order valence-electron chi connectivity index (χ3n) is 6.52. The molecule has 174 valence electrons. The number of hydrogen-bond acceptors (Lipinski definition) is 4. The monoisotopic (exact) mass is 475 g/mol. The predicted octanol–water partition coefficient (Wildman–Crippen LogP) is 7.00. The van der Waals surface area contributed by atoms with Gasteiger partial charge in [0.2, 0.25) is 0 Å². The molecule has 3 aromatic carbocycles. The lowest BCUT2D eigenvalue weighted by Crippen LogP contribution is -2.36. The molecule has 0 spiro atoms. The third kappa shape index (κ3) is 3.57. The number of carbonyl (C=O) groups excluding carboxylic acids is 1. The lowest BCUT2D eigenvalue weighted by atomic mass is 9.94. The Balaban J connectivity index is 1.41. The van der Waals surface area contributed by atoms with Gasteiger partial charge in [-0.2, -0.15) is 0 Å². The Morgan fingerprint density at radius 3 is 2.85 bits per heavy atom. The van der Waals surface area contributed by atoms with Crippen molar-refractivity contribution in [2.75, 3.05) is 6.54 Å². The maximum absolute atomic E-state index is 12.8. The molecule has 1 saturated heterocycles. The first-order valence-electron chi connectivity index (χ1n) is 11.6. The molecule has 7 heteroatoms. The molecular weight excluding hydrogens is 450 g/mol. The van der Waals surface area contributed by atoms with E-state index in [-0.39, 0.29) is 12.1 Å². The normalized spacial score (nSPS) is 17.5. The van der Waals surface area contributed by atoms with Crippen molar-refractivity contribution in [3.05, 3.63) is 58.9 Å². The van der Waals surface area contributed by atoms with E-state index in [0.29, 0.717) is 18.2 Å². The number of aromatic amines is 1. The average Bonchev–Trinajstić information content (AvgIpc) is 3.43. The quantitative estimate of drug-likeness (QED) is 0.322. The summed E-state index contributed by atoms with van der Waals surface area (Å²) in [5, 5.41) is 2.83. The molecule has 2 aliphatic heterocycles. The van der Waals surface area contributed by atoms with Crippen molar-refractivity contribution < 1.29 is 14.3 Å². The molecule has 0 bridgehead atoms. The van der Waals surface area contributed by atoms with Gasteiger partial charge in [-0.05, 0) is 80.5 Å². The van der Waals surface area contributed by atoms with Crippen LogP contribution in [-0.2, 0) is 11.3 Å². The minimum Gasteiger partial charge on any atom is -0.488 e. The Bertz CT molecular complexity index is 1450. The largest absolute Gasteiger partial charge is 0.488 e. The van der Waals surface area contributed by atoms with Crippen LogP contribution in [0.1, 0.15) is 51.0 Å². The smallest absolute Gasteiger partial charge is 0.410 e. The highest BCUT2D eigenvalue weighted by atomic mass is 35.5. The number of nitrogens with zero attached hydrogens (tertiary/aromatic N) is 2. The van der Waals surface area contributed by atoms with Crippen LogP contribution in [0.3, 0.4) is 0 Å². The minimum atomic E-state index is -0.530. The number of rotatable bonds is 1. The summed E-state index contributed by atoms with van der Waals surface area (Å²) in [5.41, 5.74) is 4.60. The lowest BCUT2D eigenvalue weighted by molar-refractivity contribution is 0.0219. The molecule has 34 heavy (non-hydrogen) atoms. The number of imidazole rings is 1. The number of benzene rings is 3. The van der Waals surface area contributed by atoms with Crippen LogP contribution < -0.4 is 4.74 Å². The van der Waals surface area contributed by atoms with E-state index < -0.39 is 5.60 Å². The molecule has 1 atom stereocenters. The number of fused-ring (bicyclic) bond motifs is 6. The molecule has 1 N–H and O–H groups in total.